The Morgan fingerprint density at radius 2 is 1.62 bits per heavy atom. The Bertz CT molecular complexity index is 668. The van der Waals surface area contributed by atoms with E-state index in [4.69, 9.17) is 9.47 Å². The summed E-state index contributed by atoms with van der Waals surface area (Å²) in [5.41, 5.74) is 1.25. The van der Waals surface area contributed by atoms with Crippen molar-refractivity contribution in [2.45, 2.75) is 12.4 Å². The first kappa shape index (κ1) is 13.3. The van der Waals surface area contributed by atoms with E-state index in [2.05, 4.69) is 0 Å². The van der Waals surface area contributed by atoms with Gasteiger partial charge in [-0.05, 0) is 17.7 Å². The number of cyclic esters (lactones) is 1. The molecular weight excluding hydrogens is 274 g/mol. The molecule has 6 heteroatoms. The molecule has 106 valence electrons. The first-order chi connectivity index (χ1) is 10.1. The fourth-order valence-corrected chi connectivity index (χ4v) is 2.12. The number of carbonyl (C=O) groups excluding carboxylic acids is 1. The minimum Gasteiger partial charge on any atom is -0.429 e. The molecule has 6 nitrogen and oxygen atoms in total. The Morgan fingerprint density at radius 3 is 2.24 bits per heavy atom. The number of non-ortho nitro benzene ring substituents is 1. The Labute approximate surface area is 120 Å². The molecule has 2 aromatic carbocycles. The van der Waals surface area contributed by atoms with Gasteiger partial charge in [-0.1, -0.05) is 30.3 Å². The van der Waals surface area contributed by atoms with E-state index in [1.54, 1.807) is 12.1 Å². The van der Waals surface area contributed by atoms with Crippen LogP contribution in [0, 0.1) is 10.1 Å². The first-order valence-corrected chi connectivity index (χ1v) is 6.30. The number of hydrogen-bond donors (Lipinski definition) is 0. The van der Waals surface area contributed by atoms with E-state index in [1.807, 2.05) is 18.2 Å². The van der Waals surface area contributed by atoms with E-state index < -0.39 is 23.3 Å². The van der Waals surface area contributed by atoms with Gasteiger partial charge < -0.3 is 9.47 Å². The predicted octanol–water partition coefficient (Wildman–Crippen LogP) is 2.91. The molecule has 0 aromatic heterocycles. The summed E-state index contributed by atoms with van der Waals surface area (Å²) in [5, 5.41) is 10.6. The molecule has 0 spiro atoms. The number of nitrogens with zero attached hydrogens (tertiary/aromatic N) is 1. The average molecular weight is 285 g/mol. The van der Waals surface area contributed by atoms with Crippen LogP contribution in [0.4, 0.5) is 5.69 Å². The molecule has 0 aliphatic carbocycles. The zero-order valence-electron chi connectivity index (χ0n) is 10.8. The summed E-state index contributed by atoms with van der Waals surface area (Å²) in [4.78, 5) is 22.0. The van der Waals surface area contributed by atoms with Crippen molar-refractivity contribution in [3.8, 4) is 0 Å². The lowest BCUT2D eigenvalue weighted by atomic mass is 10.1. The van der Waals surface area contributed by atoms with Gasteiger partial charge in [0.25, 0.3) is 5.69 Å². The lowest BCUT2D eigenvalue weighted by molar-refractivity contribution is -0.384. The number of esters is 1. The van der Waals surface area contributed by atoms with Gasteiger partial charge in [0.2, 0.25) is 6.29 Å². The van der Waals surface area contributed by atoms with Crippen molar-refractivity contribution >= 4 is 11.7 Å². The van der Waals surface area contributed by atoms with E-state index in [0.29, 0.717) is 11.1 Å². The van der Waals surface area contributed by atoms with Gasteiger partial charge in [-0.3, -0.25) is 10.1 Å². The Hall–Kier alpha value is -2.73. The molecule has 0 bridgehead atoms. The van der Waals surface area contributed by atoms with Crippen molar-refractivity contribution in [2.75, 3.05) is 0 Å². The number of hydrogen-bond acceptors (Lipinski definition) is 5. The smallest absolute Gasteiger partial charge is 0.342 e. The summed E-state index contributed by atoms with van der Waals surface area (Å²) in [6.07, 6.45) is -1.62. The van der Waals surface area contributed by atoms with E-state index in [1.165, 1.54) is 24.3 Å². The lowest BCUT2D eigenvalue weighted by Gasteiger charge is -2.09. The molecule has 1 aliphatic heterocycles. The molecule has 1 saturated heterocycles. The minimum absolute atomic E-state index is 0.0253. The molecule has 0 saturated carbocycles. The first-order valence-electron chi connectivity index (χ1n) is 6.30. The van der Waals surface area contributed by atoms with Crippen LogP contribution in [-0.4, -0.2) is 10.9 Å². The van der Waals surface area contributed by atoms with Crippen LogP contribution in [0.5, 0.6) is 0 Å². The zero-order valence-corrected chi connectivity index (χ0v) is 10.8. The van der Waals surface area contributed by atoms with Crippen LogP contribution in [-0.2, 0) is 14.3 Å². The summed E-state index contributed by atoms with van der Waals surface area (Å²) < 4.78 is 10.8. The highest BCUT2D eigenvalue weighted by molar-refractivity contribution is 5.78. The number of ether oxygens (including phenoxy) is 2. The van der Waals surface area contributed by atoms with Crippen LogP contribution in [0.1, 0.15) is 23.5 Å². The second-order valence-corrected chi connectivity index (χ2v) is 4.54. The van der Waals surface area contributed by atoms with Gasteiger partial charge in [0.1, 0.15) is 0 Å². The summed E-state index contributed by atoms with van der Waals surface area (Å²) >= 11 is 0. The number of carbonyl (C=O) groups is 1. The maximum absolute atomic E-state index is 11.9. The van der Waals surface area contributed by atoms with Gasteiger partial charge in [-0.15, -0.1) is 0 Å². The number of nitro groups is 1. The largest absolute Gasteiger partial charge is 0.429 e. The summed E-state index contributed by atoms with van der Waals surface area (Å²) in [7, 11) is 0. The summed E-state index contributed by atoms with van der Waals surface area (Å²) in [6.45, 7) is 0. The molecule has 2 aromatic rings. The van der Waals surface area contributed by atoms with E-state index in [-0.39, 0.29) is 5.69 Å². The number of nitro benzene ring substituents is 1. The van der Waals surface area contributed by atoms with E-state index in [0.717, 1.165) is 0 Å². The summed E-state index contributed by atoms with van der Waals surface area (Å²) in [6, 6.07) is 14.8. The maximum atomic E-state index is 11.9. The second kappa shape index (κ2) is 5.34. The molecule has 2 atom stereocenters. The molecule has 21 heavy (non-hydrogen) atoms. The standard InChI is InChI=1S/C15H11NO5/c17-14-13(10-4-2-1-3-5-10)20-15(21-14)11-6-8-12(9-7-11)16(18)19/h1-9,13,15H. The van der Waals surface area contributed by atoms with Gasteiger partial charge in [-0.25, -0.2) is 4.79 Å². The Balaban J connectivity index is 1.79. The van der Waals surface area contributed by atoms with Crippen molar-refractivity contribution < 1.29 is 19.2 Å². The molecule has 0 N–H and O–H groups in total. The maximum Gasteiger partial charge on any atom is 0.342 e. The van der Waals surface area contributed by atoms with Crippen molar-refractivity contribution in [3.63, 3.8) is 0 Å². The highest BCUT2D eigenvalue weighted by Crippen LogP contribution is 2.36. The van der Waals surface area contributed by atoms with Gasteiger partial charge in [0.05, 0.1) is 4.92 Å². The molecule has 1 fully saturated rings. The Kier molecular flexibility index (Phi) is 3.37. The van der Waals surface area contributed by atoms with Crippen molar-refractivity contribution in [2.24, 2.45) is 0 Å². The van der Waals surface area contributed by atoms with Gasteiger partial charge in [0, 0.05) is 17.7 Å². The average Bonchev–Trinajstić information content (AvgIpc) is 2.90. The van der Waals surface area contributed by atoms with Crippen LogP contribution < -0.4 is 0 Å². The number of benzene rings is 2. The number of rotatable bonds is 3. The summed E-state index contributed by atoms with van der Waals surface area (Å²) in [5.74, 6) is -0.468. The quantitative estimate of drug-likeness (QED) is 0.492. The third kappa shape index (κ3) is 2.61. The van der Waals surface area contributed by atoms with Crippen molar-refractivity contribution in [3.05, 3.63) is 75.8 Å². The predicted molar refractivity (Wildman–Crippen MR) is 72.2 cm³/mol. The van der Waals surface area contributed by atoms with Crippen molar-refractivity contribution in [1.82, 2.24) is 0 Å². The normalized spacial score (nSPS) is 21.0. The third-order valence-corrected chi connectivity index (χ3v) is 3.18. The molecule has 3 rings (SSSR count). The highest BCUT2D eigenvalue weighted by atomic mass is 16.8. The van der Waals surface area contributed by atoms with E-state index >= 15 is 0 Å². The lowest BCUT2D eigenvalue weighted by Crippen LogP contribution is -2.06. The minimum atomic E-state index is -0.844. The van der Waals surface area contributed by atoms with Crippen LogP contribution >= 0.6 is 0 Å². The molecule has 0 amide bonds. The van der Waals surface area contributed by atoms with Crippen LogP contribution in [0.3, 0.4) is 0 Å². The van der Waals surface area contributed by atoms with Crippen LogP contribution in [0.25, 0.3) is 0 Å². The van der Waals surface area contributed by atoms with Crippen molar-refractivity contribution in [1.29, 1.82) is 0 Å². The SMILES string of the molecule is O=C1OC(c2ccc([N+](=O)[O-])cc2)OC1c1ccccc1. The molecular formula is C15H11NO5. The Morgan fingerprint density at radius 1 is 0.952 bits per heavy atom. The fourth-order valence-electron chi connectivity index (χ4n) is 2.12. The van der Waals surface area contributed by atoms with Gasteiger partial charge in [0.15, 0.2) is 6.10 Å². The van der Waals surface area contributed by atoms with Crippen LogP contribution in [0.15, 0.2) is 54.6 Å². The van der Waals surface area contributed by atoms with E-state index in [9.17, 15) is 14.9 Å². The van der Waals surface area contributed by atoms with Gasteiger partial charge >= 0.3 is 5.97 Å². The third-order valence-electron chi connectivity index (χ3n) is 3.18. The molecule has 1 heterocycles. The monoisotopic (exact) mass is 285 g/mol. The zero-order chi connectivity index (χ0) is 14.8. The molecule has 2 unspecified atom stereocenters. The molecule has 1 aliphatic rings. The topological polar surface area (TPSA) is 78.7 Å². The molecule has 0 radical (unpaired) electrons. The van der Waals surface area contributed by atoms with Gasteiger partial charge in [-0.2, -0.15) is 0 Å². The van der Waals surface area contributed by atoms with Crippen LogP contribution in [0.2, 0.25) is 0 Å². The fraction of sp³-hybridized carbons (Fsp3) is 0.133. The highest BCUT2D eigenvalue weighted by Gasteiger charge is 2.37. The second-order valence-electron chi connectivity index (χ2n) is 4.54.